The average molecular weight is 428 g/mol. The Labute approximate surface area is 182 Å². The highest BCUT2D eigenvalue weighted by atomic mass is 16.5. The lowest BCUT2D eigenvalue weighted by Crippen LogP contribution is -2.28. The molecule has 160 valence electrons. The highest BCUT2D eigenvalue weighted by Crippen LogP contribution is 2.37. The predicted molar refractivity (Wildman–Crippen MR) is 119 cm³/mol. The first-order chi connectivity index (χ1) is 15.5. The number of fused-ring (bicyclic) bond motifs is 1. The number of nitrogens with zero attached hydrogens (tertiary/aromatic N) is 6. The van der Waals surface area contributed by atoms with Crippen LogP contribution in [0.1, 0.15) is 49.1 Å². The Morgan fingerprint density at radius 2 is 2.12 bits per heavy atom. The Morgan fingerprint density at radius 3 is 2.81 bits per heavy atom. The lowest BCUT2D eigenvalue weighted by Gasteiger charge is -2.21. The normalized spacial score (nSPS) is 14.3. The molecule has 4 aromatic rings. The van der Waals surface area contributed by atoms with Gasteiger partial charge in [-0.05, 0) is 38.8 Å². The summed E-state index contributed by atoms with van der Waals surface area (Å²) in [5.74, 6) is 4.46. The van der Waals surface area contributed by atoms with Gasteiger partial charge in [-0.2, -0.15) is 4.98 Å². The summed E-state index contributed by atoms with van der Waals surface area (Å²) < 4.78 is 7.02. The molecule has 32 heavy (non-hydrogen) atoms. The number of hydrogen-bond donors (Lipinski definition) is 2. The van der Waals surface area contributed by atoms with E-state index in [-0.39, 0.29) is 29.4 Å². The van der Waals surface area contributed by atoms with Gasteiger partial charge in [-0.25, -0.2) is 15.0 Å². The van der Waals surface area contributed by atoms with Crippen molar-refractivity contribution in [1.82, 2.24) is 29.7 Å². The largest absolute Gasteiger partial charge is 0.383 e. The van der Waals surface area contributed by atoms with Crippen LogP contribution in [-0.4, -0.2) is 29.7 Å². The van der Waals surface area contributed by atoms with Crippen LogP contribution >= 0.6 is 0 Å². The molecule has 10 nitrogen and oxygen atoms in total. The van der Waals surface area contributed by atoms with E-state index < -0.39 is 0 Å². The summed E-state index contributed by atoms with van der Waals surface area (Å²) in [4.78, 5) is 30.9. The quantitative estimate of drug-likeness (QED) is 0.459. The number of aryl methyl sites for hydroxylation is 1. The molecule has 0 bridgehead atoms. The summed E-state index contributed by atoms with van der Waals surface area (Å²) >= 11 is 0. The van der Waals surface area contributed by atoms with Gasteiger partial charge in [0.2, 0.25) is 0 Å². The van der Waals surface area contributed by atoms with Crippen LogP contribution in [0.5, 0.6) is 0 Å². The number of aromatic nitrogens is 6. The Morgan fingerprint density at radius 1 is 1.31 bits per heavy atom. The van der Waals surface area contributed by atoms with Gasteiger partial charge < -0.3 is 15.6 Å². The molecule has 0 amide bonds. The fraction of sp³-hybridized carbons (Fsp3) is 0.273. The molecule has 1 aliphatic carbocycles. The van der Waals surface area contributed by atoms with Gasteiger partial charge >= 0.3 is 0 Å². The Bertz CT molecular complexity index is 1440. The standard InChI is InChI=1S/C22H20N8O2/c1-4-13-6-5-7-15-16(13)22(31)30(14-8-9-14)20(28-15)11(2)26-19-17(18(23)24-10-25-19)21-27-12(3)29-32-21/h1,5-7,10-11,14H,8-9H2,2-3H3,(H3,23,24,25,26). The molecule has 1 atom stereocenters. The first-order valence-corrected chi connectivity index (χ1v) is 10.2. The molecule has 1 saturated carbocycles. The van der Waals surface area contributed by atoms with Crippen LogP contribution in [0.25, 0.3) is 22.4 Å². The van der Waals surface area contributed by atoms with Crippen LogP contribution in [0, 0.1) is 19.3 Å². The monoisotopic (exact) mass is 428 g/mol. The maximum absolute atomic E-state index is 13.4. The molecule has 3 aromatic heterocycles. The molecular weight excluding hydrogens is 408 g/mol. The molecule has 10 heteroatoms. The van der Waals surface area contributed by atoms with Crippen molar-refractivity contribution < 1.29 is 4.52 Å². The van der Waals surface area contributed by atoms with Crippen molar-refractivity contribution in [2.75, 3.05) is 11.1 Å². The molecule has 3 N–H and O–H groups in total. The summed E-state index contributed by atoms with van der Waals surface area (Å²) in [5, 5.41) is 7.58. The first-order valence-electron chi connectivity index (χ1n) is 10.2. The number of nitrogen functional groups attached to an aromatic ring is 1. The lowest BCUT2D eigenvalue weighted by molar-refractivity contribution is 0.425. The number of nitrogens with two attached hydrogens (primary N) is 1. The van der Waals surface area contributed by atoms with Crippen LogP contribution in [0.3, 0.4) is 0 Å². The second-order valence-electron chi connectivity index (χ2n) is 7.72. The van der Waals surface area contributed by atoms with Gasteiger partial charge in [-0.15, -0.1) is 6.42 Å². The first kappa shape index (κ1) is 19.7. The average Bonchev–Trinajstić information content (AvgIpc) is 3.53. The van der Waals surface area contributed by atoms with Gasteiger partial charge in [0.05, 0.1) is 16.9 Å². The fourth-order valence-electron chi connectivity index (χ4n) is 3.76. The van der Waals surface area contributed by atoms with Gasteiger partial charge in [-0.1, -0.05) is 17.1 Å². The summed E-state index contributed by atoms with van der Waals surface area (Å²) in [5.41, 5.74) is 7.45. The van der Waals surface area contributed by atoms with Gasteiger partial charge in [0, 0.05) is 11.6 Å². The third-order valence-electron chi connectivity index (χ3n) is 5.38. The summed E-state index contributed by atoms with van der Waals surface area (Å²) in [6.07, 6.45) is 8.80. The van der Waals surface area contributed by atoms with Crippen molar-refractivity contribution in [3.63, 3.8) is 0 Å². The molecule has 3 heterocycles. The lowest BCUT2D eigenvalue weighted by atomic mass is 10.1. The van der Waals surface area contributed by atoms with Gasteiger partial charge in [0.15, 0.2) is 5.82 Å². The number of anilines is 2. The van der Waals surface area contributed by atoms with E-state index in [2.05, 4.69) is 31.3 Å². The second kappa shape index (κ2) is 7.46. The zero-order chi connectivity index (χ0) is 22.4. The molecule has 5 rings (SSSR count). The minimum absolute atomic E-state index is 0.0954. The smallest absolute Gasteiger partial charge is 0.265 e. The summed E-state index contributed by atoms with van der Waals surface area (Å²) in [7, 11) is 0. The van der Waals surface area contributed by atoms with Crippen molar-refractivity contribution in [2.45, 2.75) is 38.8 Å². The minimum atomic E-state index is -0.390. The van der Waals surface area contributed by atoms with E-state index >= 15 is 0 Å². The maximum atomic E-state index is 13.4. The van der Waals surface area contributed by atoms with E-state index in [1.54, 1.807) is 29.7 Å². The highest BCUT2D eigenvalue weighted by molar-refractivity contribution is 5.84. The molecule has 0 spiro atoms. The topological polar surface area (TPSA) is 138 Å². The molecule has 0 aliphatic heterocycles. The second-order valence-corrected chi connectivity index (χ2v) is 7.72. The van der Waals surface area contributed by atoms with E-state index in [9.17, 15) is 4.79 Å². The van der Waals surface area contributed by atoms with Crippen molar-refractivity contribution in [1.29, 1.82) is 0 Å². The van der Waals surface area contributed by atoms with E-state index in [0.29, 0.717) is 39.5 Å². The summed E-state index contributed by atoms with van der Waals surface area (Å²) in [6.45, 7) is 3.61. The zero-order valence-electron chi connectivity index (χ0n) is 17.5. The third-order valence-corrected chi connectivity index (χ3v) is 5.38. The summed E-state index contributed by atoms with van der Waals surface area (Å²) in [6, 6.07) is 5.05. The van der Waals surface area contributed by atoms with E-state index in [0.717, 1.165) is 12.8 Å². The highest BCUT2D eigenvalue weighted by Gasteiger charge is 2.31. The van der Waals surface area contributed by atoms with E-state index in [1.165, 1.54) is 6.33 Å². The zero-order valence-corrected chi connectivity index (χ0v) is 17.5. The van der Waals surface area contributed by atoms with Crippen LogP contribution in [0.15, 0.2) is 33.8 Å². The maximum Gasteiger partial charge on any atom is 0.265 e. The molecule has 1 aliphatic rings. The molecule has 0 radical (unpaired) electrons. The van der Waals surface area contributed by atoms with Crippen LogP contribution in [-0.2, 0) is 0 Å². The van der Waals surface area contributed by atoms with Crippen molar-refractivity contribution >= 4 is 22.5 Å². The number of rotatable bonds is 5. The fourth-order valence-corrected chi connectivity index (χ4v) is 3.76. The number of hydrogen-bond acceptors (Lipinski definition) is 9. The molecule has 1 fully saturated rings. The predicted octanol–water partition coefficient (Wildman–Crippen LogP) is 2.62. The molecule has 1 unspecified atom stereocenters. The Hall–Kier alpha value is -4.26. The van der Waals surface area contributed by atoms with Gasteiger partial charge in [-0.3, -0.25) is 9.36 Å². The number of terminal acetylenes is 1. The third kappa shape index (κ3) is 3.24. The van der Waals surface area contributed by atoms with Crippen LogP contribution in [0.4, 0.5) is 11.6 Å². The molecular formula is C22H20N8O2. The van der Waals surface area contributed by atoms with Crippen molar-refractivity contribution in [3.8, 4) is 23.8 Å². The minimum Gasteiger partial charge on any atom is -0.383 e. The van der Waals surface area contributed by atoms with Crippen LogP contribution in [0.2, 0.25) is 0 Å². The van der Waals surface area contributed by atoms with E-state index in [1.807, 2.05) is 6.92 Å². The van der Waals surface area contributed by atoms with Crippen LogP contribution < -0.4 is 16.6 Å². The van der Waals surface area contributed by atoms with Gasteiger partial charge in [0.25, 0.3) is 11.4 Å². The van der Waals surface area contributed by atoms with Crippen molar-refractivity contribution in [3.05, 3.63) is 52.1 Å². The van der Waals surface area contributed by atoms with Gasteiger partial charge in [0.1, 0.15) is 29.4 Å². The molecule has 1 aromatic carbocycles. The number of benzene rings is 1. The van der Waals surface area contributed by atoms with E-state index in [4.69, 9.17) is 21.7 Å². The Balaban J connectivity index is 1.62. The van der Waals surface area contributed by atoms with Crippen molar-refractivity contribution in [2.24, 2.45) is 0 Å². The Kier molecular flexibility index (Phi) is 4.59. The number of nitrogens with one attached hydrogen (secondary N) is 1. The SMILES string of the molecule is C#Cc1cccc2nc(C(C)Nc3ncnc(N)c3-c3nc(C)no3)n(C3CC3)c(=O)c12. The molecule has 0 saturated heterocycles.